The number of piperidine rings is 1. The molecule has 0 saturated carbocycles. The van der Waals surface area contributed by atoms with E-state index in [4.69, 9.17) is 9.26 Å². The number of rotatable bonds is 6. The fourth-order valence-corrected chi connectivity index (χ4v) is 3.96. The lowest BCUT2D eigenvalue weighted by Crippen LogP contribution is -2.43. The lowest BCUT2D eigenvalue weighted by Gasteiger charge is -2.33. The van der Waals surface area contributed by atoms with Crippen LogP contribution < -0.4 is 15.0 Å². The van der Waals surface area contributed by atoms with E-state index in [9.17, 15) is 4.79 Å². The van der Waals surface area contributed by atoms with Crippen molar-refractivity contribution in [2.75, 3.05) is 24.6 Å². The Balaban J connectivity index is 1.47. The van der Waals surface area contributed by atoms with E-state index in [1.54, 1.807) is 0 Å². The van der Waals surface area contributed by atoms with Gasteiger partial charge in [0.2, 0.25) is 5.91 Å². The Labute approximate surface area is 175 Å². The topological polar surface area (TPSA) is 93.4 Å². The summed E-state index contributed by atoms with van der Waals surface area (Å²) >= 11 is 0. The highest BCUT2D eigenvalue weighted by molar-refractivity contribution is 5.88. The van der Waals surface area contributed by atoms with Gasteiger partial charge in [0.15, 0.2) is 0 Å². The normalized spacial score (nSPS) is 16.6. The van der Waals surface area contributed by atoms with Crippen LogP contribution in [0.2, 0.25) is 0 Å². The molecule has 3 heterocycles. The van der Waals surface area contributed by atoms with Crippen LogP contribution in [-0.2, 0) is 11.3 Å². The number of anilines is 1. The maximum atomic E-state index is 12.9. The van der Waals surface area contributed by atoms with Crippen molar-refractivity contribution in [3.05, 3.63) is 41.3 Å². The van der Waals surface area contributed by atoms with Crippen molar-refractivity contribution in [1.29, 1.82) is 0 Å². The number of ether oxygens (including phenoxy) is 1. The minimum atomic E-state index is -0.108. The number of para-hydroxylation sites is 1. The zero-order valence-electron chi connectivity index (χ0n) is 17.6. The number of fused-ring (bicyclic) bond motifs is 1. The number of aromatic nitrogens is 3. The first-order chi connectivity index (χ1) is 14.6. The van der Waals surface area contributed by atoms with Gasteiger partial charge in [-0.25, -0.2) is 4.98 Å². The van der Waals surface area contributed by atoms with E-state index in [0.29, 0.717) is 31.2 Å². The van der Waals surface area contributed by atoms with E-state index in [2.05, 4.69) is 25.3 Å². The summed E-state index contributed by atoms with van der Waals surface area (Å²) in [6.45, 7) is 8.17. The van der Waals surface area contributed by atoms with Crippen LogP contribution in [0, 0.1) is 19.8 Å². The van der Waals surface area contributed by atoms with E-state index in [1.807, 2.05) is 45.0 Å². The highest BCUT2D eigenvalue weighted by Crippen LogP contribution is 2.30. The van der Waals surface area contributed by atoms with Crippen LogP contribution >= 0.6 is 0 Å². The number of carbonyl (C=O) groups is 1. The molecule has 8 nitrogen and oxygen atoms in total. The standard InChI is InChI=1S/C22H27N5O3/c1-4-29-18-10-6-5-8-16(18)12-23-21(28)17-9-7-11-27(13-17)20-19-14(2)26-30-22(19)25-15(3)24-20/h5-6,8,10,17H,4,7,9,11-13H2,1-3H3,(H,23,28)/t17-/m0/s1. The molecule has 1 aromatic carbocycles. The summed E-state index contributed by atoms with van der Waals surface area (Å²) in [4.78, 5) is 24.1. The van der Waals surface area contributed by atoms with Crippen LogP contribution in [0.1, 0.15) is 36.8 Å². The van der Waals surface area contributed by atoms with E-state index in [0.717, 1.165) is 47.6 Å². The summed E-state index contributed by atoms with van der Waals surface area (Å²) < 4.78 is 11.0. The van der Waals surface area contributed by atoms with E-state index < -0.39 is 0 Å². The molecule has 0 unspecified atom stereocenters. The average Bonchev–Trinajstić information content (AvgIpc) is 3.13. The molecule has 1 fully saturated rings. The van der Waals surface area contributed by atoms with Gasteiger partial charge in [0.1, 0.15) is 22.8 Å². The lowest BCUT2D eigenvalue weighted by atomic mass is 9.96. The minimum absolute atomic E-state index is 0.0510. The van der Waals surface area contributed by atoms with Crippen LogP contribution in [0.15, 0.2) is 28.8 Å². The van der Waals surface area contributed by atoms with Crippen molar-refractivity contribution in [3.63, 3.8) is 0 Å². The van der Waals surface area contributed by atoms with Crippen molar-refractivity contribution in [2.45, 2.75) is 40.2 Å². The monoisotopic (exact) mass is 409 g/mol. The number of benzene rings is 1. The number of hydrogen-bond donors (Lipinski definition) is 1. The fourth-order valence-electron chi connectivity index (χ4n) is 3.96. The van der Waals surface area contributed by atoms with Crippen molar-refractivity contribution < 1.29 is 14.1 Å². The van der Waals surface area contributed by atoms with Gasteiger partial charge in [-0.3, -0.25) is 4.79 Å². The molecule has 30 heavy (non-hydrogen) atoms. The SMILES string of the molecule is CCOc1ccccc1CNC(=O)[C@H]1CCCN(c2nc(C)nc3onc(C)c23)C1. The molecule has 158 valence electrons. The number of hydrogen-bond acceptors (Lipinski definition) is 7. The first-order valence-electron chi connectivity index (χ1n) is 10.4. The van der Waals surface area contributed by atoms with Gasteiger partial charge in [0.25, 0.3) is 5.71 Å². The Morgan fingerprint density at radius 3 is 2.97 bits per heavy atom. The minimum Gasteiger partial charge on any atom is -0.494 e. The number of amides is 1. The summed E-state index contributed by atoms with van der Waals surface area (Å²) in [5, 5.41) is 7.95. The molecule has 1 amide bonds. The molecule has 0 spiro atoms. The summed E-state index contributed by atoms with van der Waals surface area (Å²) in [6, 6.07) is 7.80. The molecule has 0 aliphatic carbocycles. The Morgan fingerprint density at radius 2 is 2.13 bits per heavy atom. The Hall–Kier alpha value is -3.16. The van der Waals surface area contributed by atoms with Crippen LogP contribution in [-0.4, -0.2) is 40.7 Å². The van der Waals surface area contributed by atoms with Gasteiger partial charge in [-0.15, -0.1) is 0 Å². The smallest absolute Gasteiger partial charge is 0.263 e. The predicted octanol–water partition coefficient (Wildman–Crippen LogP) is 3.17. The van der Waals surface area contributed by atoms with Crippen LogP contribution in [0.3, 0.4) is 0 Å². The number of aryl methyl sites for hydroxylation is 2. The zero-order valence-corrected chi connectivity index (χ0v) is 17.6. The van der Waals surface area contributed by atoms with Gasteiger partial charge < -0.3 is 19.5 Å². The maximum absolute atomic E-state index is 12.9. The molecule has 1 aliphatic heterocycles. The quantitative estimate of drug-likeness (QED) is 0.668. The number of carbonyl (C=O) groups excluding carboxylic acids is 1. The van der Waals surface area contributed by atoms with Crippen molar-refractivity contribution in [3.8, 4) is 5.75 Å². The molecule has 1 N–H and O–H groups in total. The first-order valence-corrected chi connectivity index (χ1v) is 10.4. The Morgan fingerprint density at radius 1 is 1.30 bits per heavy atom. The molecule has 1 aliphatic rings. The van der Waals surface area contributed by atoms with Gasteiger partial charge in [0.05, 0.1) is 18.2 Å². The zero-order chi connectivity index (χ0) is 21.1. The third-order valence-electron chi connectivity index (χ3n) is 5.42. The Kier molecular flexibility index (Phi) is 5.83. The average molecular weight is 409 g/mol. The van der Waals surface area contributed by atoms with Crippen molar-refractivity contribution >= 4 is 22.8 Å². The van der Waals surface area contributed by atoms with Gasteiger partial charge in [-0.1, -0.05) is 23.4 Å². The lowest BCUT2D eigenvalue weighted by molar-refractivity contribution is -0.125. The second kappa shape index (κ2) is 8.69. The number of nitrogens with zero attached hydrogens (tertiary/aromatic N) is 4. The molecular formula is C22H27N5O3. The maximum Gasteiger partial charge on any atom is 0.263 e. The summed E-state index contributed by atoms with van der Waals surface area (Å²) in [6.07, 6.45) is 1.77. The third kappa shape index (κ3) is 4.08. The largest absolute Gasteiger partial charge is 0.494 e. The second-order valence-corrected chi connectivity index (χ2v) is 7.59. The molecule has 1 saturated heterocycles. The molecule has 8 heteroatoms. The molecule has 0 radical (unpaired) electrons. The van der Waals surface area contributed by atoms with E-state index in [1.165, 1.54) is 0 Å². The second-order valence-electron chi connectivity index (χ2n) is 7.59. The van der Waals surface area contributed by atoms with E-state index >= 15 is 0 Å². The molecule has 0 bridgehead atoms. The molecule has 2 aromatic heterocycles. The number of nitrogens with one attached hydrogen (secondary N) is 1. The van der Waals surface area contributed by atoms with Gasteiger partial charge in [-0.05, 0) is 39.7 Å². The highest BCUT2D eigenvalue weighted by atomic mass is 16.5. The summed E-state index contributed by atoms with van der Waals surface area (Å²) in [7, 11) is 0. The summed E-state index contributed by atoms with van der Waals surface area (Å²) in [5.41, 5.74) is 2.24. The first kappa shape index (κ1) is 20.1. The summed E-state index contributed by atoms with van der Waals surface area (Å²) in [5.74, 6) is 2.19. The predicted molar refractivity (Wildman–Crippen MR) is 113 cm³/mol. The van der Waals surface area contributed by atoms with Crippen LogP contribution in [0.4, 0.5) is 5.82 Å². The molecular weight excluding hydrogens is 382 g/mol. The van der Waals surface area contributed by atoms with Crippen molar-refractivity contribution in [1.82, 2.24) is 20.4 Å². The van der Waals surface area contributed by atoms with Crippen molar-refractivity contribution in [2.24, 2.45) is 5.92 Å². The molecule has 1 atom stereocenters. The molecule has 3 aromatic rings. The Bertz CT molecular complexity index is 1050. The third-order valence-corrected chi connectivity index (χ3v) is 5.42. The van der Waals surface area contributed by atoms with Gasteiger partial charge in [0, 0.05) is 25.2 Å². The van der Waals surface area contributed by atoms with Gasteiger partial charge >= 0.3 is 0 Å². The fraction of sp³-hybridized carbons (Fsp3) is 0.455. The van der Waals surface area contributed by atoms with Crippen LogP contribution in [0.5, 0.6) is 5.75 Å². The van der Waals surface area contributed by atoms with E-state index in [-0.39, 0.29) is 11.8 Å². The van der Waals surface area contributed by atoms with Gasteiger partial charge in [-0.2, -0.15) is 4.98 Å². The van der Waals surface area contributed by atoms with Crippen LogP contribution in [0.25, 0.3) is 11.1 Å². The highest BCUT2D eigenvalue weighted by Gasteiger charge is 2.29. The molecule has 4 rings (SSSR count).